The average Bonchev–Trinajstić information content (AvgIpc) is 2.67. The summed E-state index contributed by atoms with van der Waals surface area (Å²) >= 11 is 0. The first kappa shape index (κ1) is 17.0. The summed E-state index contributed by atoms with van der Waals surface area (Å²) in [6.07, 6.45) is 8.81. The standard InChI is InChI=1S/C21H22N2O2/c1-24-20-13-17-18(22-15-23-19(17)14-21(20)25-2)12-8-4-7-11-16-9-5-3-6-10-16/h3-6,8-10,13-15H,7,11-12H2,1-2H3/b8-4+. The van der Waals surface area contributed by atoms with E-state index < -0.39 is 0 Å². The molecule has 1 heterocycles. The lowest BCUT2D eigenvalue weighted by Crippen LogP contribution is -1.96. The molecule has 0 unspecified atom stereocenters. The van der Waals surface area contributed by atoms with Gasteiger partial charge in [-0.25, -0.2) is 9.97 Å². The summed E-state index contributed by atoms with van der Waals surface area (Å²) in [5.74, 6) is 1.37. The third-order valence-corrected chi connectivity index (χ3v) is 4.14. The minimum atomic E-state index is 0.679. The summed E-state index contributed by atoms with van der Waals surface area (Å²) in [6.45, 7) is 0. The van der Waals surface area contributed by atoms with Gasteiger partial charge in [-0.05, 0) is 24.5 Å². The van der Waals surface area contributed by atoms with Crippen LogP contribution in [0, 0.1) is 0 Å². The zero-order chi connectivity index (χ0) is 17.5. The van der Waals surface area contributed by atoms with E-state index in [0.29, 0.717) is 11.5 Å². The molecule has 3 aromatic rings. The second kappa shape index (κ2) is 8.29. The number of aryl methyl sites for hydroxylation is 1. The zero-order valence-electron chi connectivity index (χ0n) is 14.6. The van der Waals surface area contributed by atoms with Crippen LogP contribution in [0.25, 0.3) is 10.9 Å². The maximum atomic E-state index is 5.39. The monoisotopic (exact) mass is 334 g/mol. The summed E-state index contributed by atoms with van der Waals surface area (Å²) in [6, 6.07) is 14.3. The zero-order valence-corrected chi connectivity index (χ0v) is 14.6. The van der Waals surface area contributed by atoms with E-state index in [2.05, 4.69) is 46.4 Å². The van der Waals surface area contributed by atoms with Gasteiger partial charge in [-0.2, -0.15) is 0 Å². The van der Waals surface area contributed by atoms with Gasteiger partial charge in [-0.15, -0.1) is 0 Å². The maximum absolute atomic E-state index is 5.39. The van der Waals surface area contributed by atoms with Gasteiger partial charge in [0.05, 0.1) is 25.4 Å². The molecule has 1 aromatic heterocycles. The van der Waals surface area contributed by atoms with Gasteiger partial charge in [0.2, 0.25) is 0 Å². The van der Waals surface area contributed by atoms with E-state index in [9.17, 15) is 0 Å². The Morgan fingerprint density at radius 3 is 2.44 bits per heavy atom. The molecule has 0 saturated carbocycles. The van der Waals surface area contributed by atoms with Crippen molar-refractivity contribution in [1.82, 2.24) is 9.97 Å². The quantitative estimate of drug-likeness (QED) is 0.602. The number of fused-ring (bicyclic) bond motifs is 1. The molecular weight excluding hydrogens is 312 g/mol. The second-order valence-corrected chi connectivity index (χ2v) is 5.74. The number of hydrogen-bond donors (Lipinski definition) is 0. The van der Waals surface area contributed by atoms with E-state index in [1.165, 1.54) is 5.56 Å². The van der Waals surface area contributed by atoms with Gasteiger partial charge in [-0.1, -0.05) is 42.5 Å². The molecule has 128 valence electrons. The summed E-state index contributed by atoms with van der Waals surface area (Å²) in [5.41, 5.74) is 3.21. The molecule has 3 rings (SSSR count). The largest absolute Gasteiger partial charge is 0.493 e. The van der Waals surface area contributed by atoms with Crippen molar-refractivity contribution in [1.29, 1.82) is 0 Å². The van der Waals surface area contributed by atoms with Gasteiger partial charge in [0.15, 0.2) is 11.5 Å². The Balaban J connectivity index is 1.71. The first-order chi connectivity index (χ1) is 12.3. The Morgan fingerprint density at radius 2 is 1.68 bits per heavy atom. The third kappa shape index (κ3) is 4.15. The number of ether oxygens (including phenoxy) is 2. The van der Waals surface area contributed by atoms with Crippen molar-refractivity contribution in [3.63, 3.8) is 0 Å². The maximum Gasteiger partial charge on any atom is 0.162 e. The first-order valence-corrected chi connectivity index (χ1v) is 8.36. The lowest BCUT2D eigenvalue weighted by Gasteiger charge is -2.10. The van der Waals surface area contributed by atoms with E-state index in [0.717, 1.165) is 35.9 Å². The Hall–Kier alpha value is -2.88. The topological polar surface area (TPSA) is 44.2 Å². The Labute approximate surface area is 148 Å². The molecule has 0 saturated heterocycles. The number of hydrogen-bond acceptors (Lipinski definition) is 4. The number of benzene rings is 2. The normalized spacial score (nSPS) is 11.1. The van der Waals surface area contributed by atoms with Gasteiger partial charge >= 0.3 is 0 Å². The number of rotatable bonds is 7. The predicted octanol–water partition coefficient (Wildman–Crippen LogP) is 4.38. The predicted molar refractivity (Wildman–Crippen MR) is 100 cm³/mol. The van der Waals surface area contributed by atoms with E-state index in [1.54, 1.807) is 20.5 Å². The summed E-state index contributed by atoms with van der Waals surface area (Å²) in [4.78, 5) is 8.77. The summed E-state index contributed by atoms with van der Waals surface area (Å²) in [5, 5.41) is 0.993. The smallest absolute Gasteiger partial charge is 0.162 e. The van der Waals surface area contributed by atoms with Crippen molar-refractivity contribution in [3.05, 3.63) is 72.2 Å². The van der Waals surface area contributed by atoms with Crippen LogP contribution in [-0.2, 0) is 12.8 Å². The van der Waals surface area contributed by atoms with Gasteiger partial charge in [0, 0.05) is 17.9 Å². The number of allylic oxidation sites excluding steroid dienone is 2. The molecule has 25 heavy (non-hydrogen) atoms. The van der Waals surface area contributed by atoms with E-state index in [1.807, 2.05) is 18.2 Å². The fourth-order valence-electron chi connectivity index (χ4n) is 2.81. The molecule has 2 aromatic carbocycles. The Kier molecular flexibility index (Phi) is 5.62. The van der Waals surface area contributed by atoms with E-state index in [4.69, 9.17) is 9.47 Å². The van der Waals surface area contributed by atoms with E-state index >= 15 is 0 Å². The number of methoxy groups -OCH3 is 2. The third-order valence-electron chi connectivity index (χ3n) is 4.14. The minimum Gasteiger partial charge on any atom is -0.493 e. The highest BCUT2D eigenvalue weighted by Crippen LogP contribution is 2.32. The van der Waals surface area contributed by atoms with Crippen LogP contribution < -0.4 is 9.47 Å². The molecule has 0 spiro atoms. The van der Waals surface area contributed by atoms with Crippen molar-refractivity contribution in [2.45, 2.75) is 19.3 Å². The van der Waals surface area contributed by atoms with Crippen LogP contribution in [0.4, 0.5) is 0 Å². The van der Waals surface area contributed by atoms with Gasteiger partial charge < -0.3 is 9.47 Å². The molecule has 0 atom stereocenters. The Morgan fingerprint density at radius 1 is 0.920 bits per heavy atom. The molecule has 4 nitrogen and oxygen atoms in total. The SMILES string of the molecule is COc1cc2ncnc(C/C=C/CCc3ccccc3)c2cc1OC. The van der Waals surface area contributed by atoms with Crippen LogP contribution in [0.1, 0.15) is 17.7 Å². The van der Waals surface area contributed by atoms with Crippen LogP contribution in [-0.4, -0.2) is 24.2 Å². The molecular formula is C21H22N2O2. The van der Waals surface area contributed by atoms with Crippen molar-refractivity contribution in [2.75, 3.05) is 14.2 Å². The van der Waals surface area contributed by atoms with Crippen molar-refractivity contribution in [3.8, 4) is 11.5 Å². The number of nitrogens with zero attached hydrogens (tertiary/aromatic N) is 2. The highest BCUT2D eigenvalue weighted by Gasteiger charge is 2.09. The highest BCUT2D eigenvalue weighted by molar-refractivity contribution is 5.84. The first-order valence-electron chi connectivity index (χ1n) is 8.36. The van der Waals surface area contributed by atoms with Gasteiger partial charge in [0.1, 0.15) is 6.33 Å². The molecule has 0 aliphatic rings. The lowest BCUT2D eigenvalue weighted by atomic mass is 10.1. The Bertz CT molecular complexity index is 860. The molecule has 4 heteroatoms. The summed E-state index contributed by atoms with van der Waals surface area (Å²) < 4.78 is 10.7. The fraction of sp³-hybridized carbons (Fsp3) is 0.238. The van der Waals surface area contributed by atoms with Crippen molar-refractivity contribution < 1.29 is 9.47 Å². The van der Waals surface area contributed by atoms with Crippen LogP contribution in [0.5, 0.6) is 11.5 Å². The second-order valence-electron chi connectivity index (χ2n) is 5.74. The molecule has 0 radical (unpaired) electrons. The van der Waals surface area contributed by atoms with Gasteiger partial charge in [0.25, 0.3) is 0 Å². The molecule has 0 N–H and O–H groups in total. The fourth-order valence-corrected chi connectivity index (χ4v) is 2.81. The highest BCUT2D eigenvalue weighted by atomic mass is 16.5. The van der Waals surface area contributed by atoms with Gasteiger partial charge in [-0.3, -0.25) is 0 Å². The lowest BCUT2D eigenvalue weighted by molar-refractivity contribution is 0.355. The number of aromatic nitrogens is 2. The molecule has 0 amide bonds. The van der Waals surface area contributed by atoms with Crippen molar-refractivity contribution >= 4 is 10.9 Å². The molecule has 0 fully saturated rings. The molecule has 0 aliphatic carbocycles. The van der Waals surface area contributed by atoms with Crippen LogP contribution in [0.2, 0.25) is 0 Å². The summed E-state index contributed by atoms with van der Waals surface area (Å²) in [7, 11) is 3.26. The van der Waals surface area contributed by atoms with Crippen LogP contribution in [0.15, 0.2) is 60.9 Å². The van der Waals surface area contributed by atoms with Crippen molar-refractivity contribution in [2.24, 2.45) is 0 Å². The van der Waals surface area contributed by atoms with Crippen LogP contribution in [0.3, 0.4) is 0 Å². The van der Waals surface area contributed by atoms with E-state index in [-0.39, 0.29) is 0 Å². The molecule has 0 bridgehead atoms. The average molecular weight is 334 g/mol. The minimum absolute atomic E-state index is 0.679. The molecule has 0 aliphatic heterocycles. The van der Waals surface area contributed by atoms with Crippen LogP contribution >= 0.6 is 0 Å².